The first-order valence-corrected chi connectivity index (χ1v) is 8.56. The molecule has 22 heavy (non-hydrogen) atoms. The quantitative estimate of drug-likeness (QED) is 0.907. The van der Waals surface area contributed by atoms with Crippen LogP contribution in [0.3, 0.4) is 0 Å². The highest BCUT2D eigenvalue weighted by molar-refractivity contribution is 5.52. The maximum Gasteiger partial charge on any atom is 0.161 e. The largest absolute Gasteiger partial charge is 0.493 e. The Morgan fingerprint density at radius 3 is 2.27 bits per heavy atom. The average Bonchev–Trinajstić information content (AvgIpc) is 2.54. The fourth-order valence-corrected chi connectivity index (χ4v) is 4.20. The molecule has 1 N–H and O–H groups in total. The van der Waals surface area contributed by atoms with E-state index in [9.17, 15) is 0 Å². The monoisotopic (exact) mass is 303 g/mol. The van der Waals surface area contributed by atoms with Crippen LogP contribution in [0.4, 0.5) is 0 Å². The molecule has 122 valence electrons. The summed E-state index contributed by atoms with van der Waals surface area (Å²) < 4.78 is 11.1. The summed E-state index contributed by atoms with van der Waals surface area (Å²) in [6.45, 7) is 5.64. The van der Waals surface area contributed by atoms with Crippen LogP contribution in [0.1, 0.15) is 63.1 Å². The molecule has 2 aliphatic rings. The van der Waals surface area contributed by atoms with Crippen molar-refractivity contribution in [2.45, 2.75) is 57.4 Å². The van der Waals surface area contributed by atoms with Gasteiger partial charge in [0.15, 0.2) is 11.5 Å². The zero-order chi connectivity index (χ0) is 15.7. The first kappa shape index (κ1) is 15.7. The third-order valence-electron chi connectivity index (χ3n) is 5.51. The lowest BCUT2D eigenvalue weighted by molar-refractivity contribution is 0.240. The minimum atomic E-state index is 0.125. The number of hydrogen-bond donors (Lipinski definition) is 1. The van der Waals surface area contributed by atoms with Crippen LogP contribution in [0.15, 0.2) is 12.1 Å². The van der Waals surface area contributed by atoms with Crippen molar-refractivity contribution >= 4 is 0 Å². The Bertz CT molecular complexity index is 532. The lowest BCUT2D eigenvalue weighted by Crippen LogP contribution is -2.44. The molecule has 1 saturated carbocycles. The smallest absolute Gasteiger partial charge is 0.161 e. The summed E-state index contributed by atoms with van der Waals surface area (Å²) in [5, 5.41) is 3.83. The number of rotatable bonds is 3. The highest BCUT2D eigenvalue weighted by Gasteiger charge is 2.37. The van der Waals surface area contributed by atoms with Crippen LogP contribution >= 0.6 is 0 Å². The van der Waals surface area contributed by atoms with E-state index in [1.807, 2.05) is 0 Å². The normalized spacial score (nSPS) is 24.6. The lowest BCUT2D eigenvalue weighted by atomic mass is 9.71. The first-order valence-electron chi connectivity index (χ1n) is 8.56. The molecule has 1 fully saturated rings. The van der Waals surface area contributed by atoms with Crippen molar-refractivity contribution in [1.29, 1.82) is 0 Å². The maximum absolute atomic E-state index is 5.55. The summed E-state index contributed by atoms with van der Waals surface area (Å²) in [5.41, 5.74) is 2.96. The number of ether oxygens (including phenoxy) is 2. The molecule has 1 aliphatic carbocycles. The fourth-order valence-electron chi connectivity index (χ4n) is 4.20. The van der Waals surface area contributed by atoms with Gasteiger partial charge < -0.3 is 14.8 Å². The van der Waals surface area contributed by atoms with E-state index in [4.69, 9.17) is 9.47 Å². The van der Waals surface area contributed by atoms with Crippen LogP contribution in [0, 0.1) is 5.92 Å². The van der Waals surface area contributed by atoms with Crippen LogP contribution in [-0.2, 0) is 5.41 Å². The molecule has 1 heterocycles. The molecule has 0 radical (unpaired) electrons. The molecular formula is C19H29NO2. The predicted molar refractivity (Wildman–Crippen MR) is 89.9 cm³/mol. The predicted octanol–water partition coefficient (Wildman–Crippen LogP) is 4.21. The van der Waals surface area contributed by atoms with Gasteiger partial charge in [0, 0.05) is 18.0 Å². The standard InChI is InChI=1S/C19H29NO2/c1-19(2)12-20-18(13-8-6-5-7-9-13)14-10-16(21-3)17(22-4)11-15(14)19/h10-11,13,18,20H,5-9,12H2,1-4H3. The van der Waals surface area contributed by atoms with Crippen molar-refractivity contribution in [2.24, 2.45) is 5.92 Å². The summed E-state index contributed by atoms with van der Waals surface area (Å²) in [7, 11) is 3.44. The summed E-state index contributed by atoms with van der Waals surface area (Å²) in [6, 6.07) is 4.87. The second kappa shape index (κ2) is 6.11. The zero-order valence-electron chi connectivity index (χ0n) is 14.4. The van der Waals surface area contributed by atoms with Gasteiger partial charge in [-0.05, 0) is 42.0 Å². The molecule has 1 aromatic rings. The summed E-state index contributed by atoms with van der Waals surface area (Å²) >= 11 is 0. The van der Waals surface area contributed by atoms with E-state index >= 15 is 0 Å². The van der Waals surface area contributed by atoms with Gasteiger partial charge in [0.25, 0.3) is 0 Å². The maximum atomic E-state index is 5.55. The molecule has 3 heteroatoms. The van der Waals surface area contributed by atoms with Gasteiger partial charge in [0.05, 0.1) is 14.2 Å². The van der Waals surface area contributed by atoms with Gasteiger partial charge >= 0.3 is 0 Å². The first-order chi connectivity index (χ1) is 10.6. The van der Waals surface area contributed by atoms with Gasteiger partial charge in [0.1, 0.15) is 0 Å². The van der Waals surface area contributed by atoms with E-state index in [2.05, 4.69) is 31.3 Å². The second-order valence-electron chi connectivity index (χ2n) is 7.43. The highest BCUT2D eigenvalue weighted by Crippen LogP contribution is 2.45. The third kappa shape index (κ3) is 2.71. The fraction of sp³-hybridized carbons (Fsp3) is 0.684. The molecule has 0 saturated heterocycles. The molecule has 3 nitrogen and oxygen atoms in total. The van der Waals surface area contributed by atoms with Crippen molar-refractivity contribution < 1.29 is 9.47 Å². The van der Waals surface area contributed by atoms with Crippen molar-refractivity contribution in [2.75, 3.05) is 20.8 Å². The number of fused-ring (bicyclic) bond motifs is 1. The van der Waals surface area contributed by atoms with Crippen molar-refractivity contribution in [3.63, 3.8) is 0 Å². The van der Waals surface area contributed by atoms with Gasteiger partial charge in [-0.3, -0.25) is 0 Å². The zero-order valence-corrected chi connectivity index (χ0v) is 14.4. The molecule has 1 unspecified atom stereocenters. The van der Waals surface area contributed by atoms with Crippen LogP contribution in [-0.4, -0.2) is 20.8 Å². The molecule has 1 aliphatic heterocycles. The van der Waals surface area contributed by atoms with E-state index in [1.165, 1.54) is 43.2 Å². The number of benzene rings is 1. The van der Waals surface area contributed by atoms with Gasteiger partial charge in [-0.25, -0.2) is 0 Å². The van der Waals surface area contributed by atoms with E-state index in [-0.39, 0.29) is 5.41 Å². The molecule has 0 bridgehead atoms. The van der Waals surface area contributed by atoms with Crippen molar-refractivity contribution in [1.82, 2.24) is 5.32 Å². The minimum absolute atomic E-state index is 0.125. The Labute approximate surface area is 134 Å². The van der Waals surface area contributed by atoms with Gasteiger partial charge in [-0.1, -0.05) is 33.1 Å². The van der Waals surface area contributed by atoms with Crippen LogP contribution in [0.5, 0.6) is 11.5 Å². The van der Waals surface area contributed by atoms with E-state index in [0.717, 1.165) is 24.0 Å². The van der Waals surface area contributed by atoms with Crippen LogP contribution in [0.25, 0.3) is 0 Å². The van der Waals surface area contributed by atoms with Crippen LogP contribution in [0.2, 0.25) is 0 Å². The molecule has 1 aromatic carbocycles. The SMILES string of the molecule is COc1cc2c(cc1OC)C(C)(C)CNC2C1CCCCC1. The van der Waals surface area contributed by atoms with Crippen molar-refractivity contribution in [3.8, 4) is 11.5 Å². The second-order valence-corrected chi connectivity index (χ2v) is 7.43. The number of hydrogen-bond acceptors (Lipinski definition) is 3. The van der Waals surface area contributed by atoms with Gasteiger partial charge in [0.2, 0.25) is 0 Å². The summed E-state index contributed by atoms with van der Waals surface area (Å²) in [6.07, 6.45) is 6.81. The van der Waals surface area contributed by atoms with E-state index in [0.29, 0.717) is 6.04 Å². The van der Waals surface area contributed by atoms with Crippen molar-refractivity contribution in [3.05, 3.63) is 23.3 Å². The van der Waals surface area contributed by atoms with Crippen LogP contribution < -0.4 is 14.8 Å². The number of nitrogens with one attached hydrogen (secondary N) is 1. The lowest BCUT2D eigenvalue weighted by Gasteiger charge is -2.42. The topological polar surface area (TPSA) is 30.5 Å². The van der Waals surface area contributed by atoms with E-state index < -0.39 is 0 Å². The molecule has 0 aromatic heterocycles. The molecule has 0 spiro atoms. The molecule has 0 amide bonds. The highest BCUT2D eigenvalue weighted by atomic mass is 16.5. The Morgan fingerprint density at radius 1 is 1.00 bits per heavy atom. The molecular weight excluding hydrogens is 274 g/mol. The molecule has 1 atom stereocenters. The average molecular weight is 303 g/mol. The van der Waals surface area contributed by atoms with E-state index in [1.54, 1.807) is 14.2 Å². The Balaban J connectivity index is 2.04. The number of methoxy groups -OCH3 is 2. The summed E-state index contributed by atoms with van der Waals surface area (Å²) in [4.78, 5) is 0. The Hall–Kier alpha value is -1.22. The molecule has 3 rings (SSSR count). The third-order valence-corrected chi connectivity index (χ3v) is 5.51. The Kier molecular flexibility index (Phi) is 4.35. The Morgan fingerprint density at radius 2 is 1.64 bits per heavy atom. The van der Waals surface area contributed by atoms with Gasteiger partial charge in [-0.15, -0.1) is 0 Å². The summed E-state index contributed by atoms with van der Waals surface area (Å²) in [5.74, 6) is 2.45. The minimum Gasteiger partial charge on any atom is -0.493 e. The van der Waals surface area contributed by atoms with Gasteiger partial charge in [-0.2, -0.15) is 0 Å².